The van der Waals surface area contributed by atoms with E-state index in [0.29, 0.717) is 30.8 Å². The van der Waals surface area contributed by atoms with E-state index in [4.69, 9.17) is 9.47 Å². The Balaban J connectivity index is 4.86. The van der Waals surface area contributed by atoms with Gasteiger partial charge in [-0.05, 0) is 33.6 Å². The van der Waals surface area contributed by atoms with Crippen LogP contribution in [0.25, 0.3) is 0 Å². The molecule has 0 aromatic rings. The van der Waals surface area contributed by atoms with Gasteiger partial charge in [0.15, 0.2) is 0 Å². The first kappa shape index (κ1) is 16.7. The molecule has 0 spiro atoms. The van der Waals surface area contributed by atoms with Gasteiger partial charge in [-0.25, -0.2) is 9.59 Å². The second-order valence-electron chi connectivity index (χ2n) is 4.00. The van der Waals surface area contributed by atoms with Crippen LogP contribution >= 0.6 is 0 Å². The number of esters is 2. The van der Waals surface area contributed by atoms with Crippen LogP contribution in [0.1, 0.15) is 53.4 Å². The van der Waals surface area contributed by atoms with Crippen LogP contribution in [0.2, 0.25) is 0 Å². The molecule has 0 unspecified atom stereocenters. The summed E-state index contributed by atoms with van der Waals surface area (Å²) in [6.07, 6.45) is 3.53. The van der Waals surface area contributed by atoms with Crippen LogP contribution in [0.15, 0.2) is 11.1 Å². The van der Waals surface area contributed by atoms with Gasteiger partial charge in [-0.2, -0.15) is 0 Å². The van der Waals surface area contributed by atoms with E-state index in [1.165, 1.54) is 0 Å². The number of unbranched alkanes of at least 4 members (excludes halogenated alkanes) is 2. The molecule has 0 aromatic heterocycles. The average molecular weight is 256 g/mol. The summed E-state index contributed by atoms with van der Waals surface area (Å²) in [5, 5.41) is 0. The fourth-order valence-electron chi connectivity index (χ4n) is 1.58. The van der Waals surface area contributed by atoms with Gasteiger partial charge in [0.05, 0.1) is 13.2 Å². The zero-order valence-corrected chi connectivity index (χ0v) is 11.9. The molecule has 0 fully saturated rings. The summed E-state index contributed by atoms with van der Waals surface area (Å²) in [7, 11) is 0. The predicted octanol–water partition coefficient (Wildman–Crippen LogP) is 3.01. The van der Waals surface area contributed by atoms with Crippen LogP contribution in [-0.4, -0.2) is 25.2 Å². The zero-order chi connectivity index (χ0) is 14.0. The lowest BCUT2D eigenvalue weighted by molar-refractivity contribution is -0.141. The van der Waals surface area contributed by atoms with Gasteiger partial charge in [-0.3, -0.25) is 0 Å². The van der Waals surface area contributed by atoms with Crippen LogP contribution < -0.4 is 0 Å². The van der Waals surface area contributed by atoms with E-state index >= 15 is 0 Å². The molecule has 0 aliphatic rings. The zero-order valence-electron chi connectivity index (χ0n) is 11.9. The Bertz CT molecular complexity index is 305. The normalized spacial score (nSPS) is 11.8. The maximum atomic E-state index is 11.8. The topological polar surface area (TPSA) is 52.6 Å². The summed E-state index contributed by atoms with van der Waals surface area (Å²) in [6.45, 7) is 7.82. The van der Waals surface area contributed by atoms with Gasteiger partial charge < -0.3 is 9.47 Å². The third-order valence-electron chi connectivity index (χ3n) is 2.59. The molecule has 18 heavy (non-hydrogen) atoms. The molecule has 0 rings (SSSR count). The Kier molecular flexibility index (Phi) is 8.97. The molecular weight excluding hydrogens is 232 g/mol. The van der Waals surface area contributed by atoms with E-state index < -0.39 is 11.9 Å². The highest BCUT2D eigenvalue weighted by molar-refractivity contribution is 5.99. The molecule has 0 aliphatic carbocycles. The fourth-order valence-corrected chi connectivity index (χ4v) is 1.58. The smallest absolute Gasteiger partial charge is 0.334 e. The number of carbonyl (C=O) groups excluding carboxylic acids is 2. The average Bonchev–Trinajstić information content (AvgIpc) is 2.34. The van der Waals surface area contributed by atoms with Crippen molar-refractivity contribution in [2.24, 2.45) is 0 Å². The SMILES string of the molecule is CCCCC/C(C(=O)OCC)=C(\C)C(=O)OCC. The Morgan fingerprint density at radius 1 is 0.889 bits per heavy atom. The minimum atomic E-state index is -0.433. The molecule has 0 aromatic carbocycles. The molecule has 4 heteroatoms. The van der Waals surface area contributed by atoms with Crippen molar-refractivity contribution in [1.82, 2.24) is 0 Å². The maximum absolute atomic E-state index is 11.8. The molecule has 0 saturated carbocycles. The highest BCUT2D eigenvalue weighted by atomic mass is 16.5. The summed E-state index contributed by atoms with van der Waals surface area (Å²) in [5.74, 6) is -0.837. The van der Waals surface area contributed by atoms with Gasteiger partial charge in [-0.15, -0.1) is 0 Å². The lowest BCUT2D eigenvalue weighted by Crippen LogP contribution is -2.15. The standard InChI is InChI=1S/C14H24O4/c1-5-8-9-10-12(14(16)18-7-3)11(4)13(15)17-6-2/h5-10H2,1-4H3/b12-11-. The van der Waals surface area contributed by atoms with E-state index in [1.54, 1.807) is 20.8 Å². The lowest BCUT2D eigenvalue weighted by atomic mass is 10.0. The molecule has 0 heterocycles. The van der Waals surface area contributed by atoms with E-state index in [2.05, 4.69) is 6.92 Å². The number of ether oxygens (including phenoxy) is 2. The summed E-state index contributed by atoms with van der Waals surface area (Å²) in [5.41, 5.74) is 0.815. The van der Waals surface area contributed by atoms with Gasteiger partial charge in [0.2, 0.25) is 0 Å². The molecule has 0 amide bonds. The Morgan fingerprint density at radius 2 is 1.44 bits per heavy atom. The molecule has 0 radical (unpaired) electrons. The highest BCUT2D eigenvalue weighted by Crippen LogP contribution is 2.16. The minimum absolute atomic E-state index is 0.307. The van der Waals surface area contributed by atoms with Crippen molar-refractivity contribution in [3.63, 3.8) is 0 Å². The lowest BCUT2D eigenvalue weighted by Gasteiger charge is -2.10. The van der Waals surface area contributed by atoms with Crippen LogP contribution in [0.4, 0.5) is 0 Å². The van der Waals surface area contributed by atoms with Crippen molar-refractivity contribution in [3.05, 3.63) is 11.1 Å². The molecular formula is C14H24O4. The quantitative estimate of drug-likeness (QED) is 0.380. The summed E-state index contributed by atoms with van der Waals surface area (Å²) in [4.78, 5) is 23.4. The number of hydrogen-bond acceptors (Lipinski definition) is 4. The maximum Gasteiger partial charge on any atom is 0.334 e. The third kappa shape index (κ3) is 5.84. The Labute approximate surface area is 109 Å². The van der Waals surface area contributed by atoms with Crippen molar-refractivity contribution >= 4 is 11.9 Å². The second-order valence-corrected chi connectivity index (χ2v) is 4.00. The van der Waals surface area contributed by atoms with E-state index in [-0.39, 0.29) is 0 Å². The number of carbonyl (C=O) groups is 2. The third-order valence-corrected chi connectivity index (χ3v) is 2.59. The molecule has 104 valence electrons. The van der Waals surface area contributed by atoms with Gasteiger partial charge in [-0.1, -0.05) is 19.8 Å². The monoisotopic (exact) mass is 256 g/mol. The molecule has 0 aliphatic heterocycles. The van der Waals surface area contributed by atoms with E-state index in [0.717, 1.165) is 19.3 Å². The first-order valence-electron chi connectivity index (χ1n) is 6.62. The second kappa shape index (κ2) is 9.68. The summed E-state index contributed by atoms with van der Waals surface area (Å²) in [6, 6.07) is 0. The molecule has 0 bridgehead atoms. The molecule has 0 N–H and O–H groups in total. The van der Waals surface area contributed by atoms with Gasteiger partial charge >= 0.3 is 11.9 Å². The van der Waals surface area contributed by atoms with Gasteiger partial charge in [0.25, 0.3) is 0 Å². The van der Waals surface area contributed by atoms with Crippen molar-refractivity contribution < 1.29 is 19.1 Å². The Morgan fingerprint density at radius 3 is 1.94 bits per heavy atom. The largest absolute Gasteiger partial charge is 0.463 e. The predicted molar refractivity (Wildman–Crippen MR) is 70.1 cm³/mol. The van der Waals surface area contributed by atoms with Crippen molar-refractivity contribution in [1.29, 1.82) is 0 Å². The van der Waals surface area contributed by atoms with Crippen LogP contribution in [-0.2, 0) is 19.1 Å². The summed E-state index contributed by atoms with van der Waals surface area (Å²) < 4.78 is 9.89. The first-order valence-corrected chi connectivity index (χ1v) is 6.62. The van der Waals surface area contributed by atoms with E-state index in [9.17, 15) is 9.59 Å². The minimum Gasteiger partial charge on any atom is -0.463 e. The van der Waals surface area contributed by atoms with E-state index in [1.807, 2.05) is 0 Å². The van der Waals surface area contributed by atoms with Crippen LogP contribution in [0, 0.1) is 0 Å². The summed E-state index contributed by atoms with van der Waals surface area (Å²) >= 11 is 0. The van der Waals surface area contributed by atoms with Gasteiger partial charge in [0, 0.05) is 11.1 Å². The first-order chi connectivity index (χ1) is 8.58. The highest BCUT2D eigenvalue weighted by Gasteiger charge is 2.19. The van der Waals surface area contributed by atoms with Crippen LogP contribution in [0.5, 0.6) is 0 Å². The van der Waals surface area contributed by atoms with Gasteiger partial charge in [0.1, 0.15) is 0 Å². The molecule has 4 nitrogen and oxygen atoms in total. The van der Waals surface area contributed by atoms with Crippen molar-refractivity contribution in [2.45, 2.75) is 53.4 Å². The Hall–Kier alpha value is -1.32. The van der Waals surface area contributed by atoms with Crippen molar-refractivity contribution in [3.8, 4) is 0 Å². The van der Waals surface area contributed by atoms with Crippen molar-refractivity contribution in [2.75, 3.05) is 13.2 Å². The van der Waals surface area contributed by atoms with Crippen LogP contribution in [0.3, 0.4) is 0 Å². The number of rotatable bonds is 8. The number of hydrogen-bond donors (Lipinski definition) is 0. The molecule has 0 atom stereocenters. The molecule has 0 saturated heterocycles. The fraction of sp³-hybridized carbons (Fsp3) is 0.714.